The molecule has 0 aromatic carbocycles. The maximum absolute atomic E-state index is 12.1. The Balaban J connectivity index is 2.22. The second kappa shape index (κ2) is 10.7. The molecule has 5 nitrogen and oxygen atoms in total. The minimum atomic E-state index is -0.843. The fourth-order valence-corrected chi connectivity index (χ4v) is 3.31. The highest BCUT2D eigenvalue weighted by molar-refractivity contribution is 5.91. The third-order valence-electron chi connectivity index (χ3n) is 4.56. The second-order valence-electron chi connectivity index (χ2n) is 7.44. The number of carbonyl (C=O) groups is 3. The summed E-state index contributed by atoms with van der Waals surface area (Å²) >= 11 is 0. The van der Waals surface area contributed by atoms with E-state index in [1.165, 1.54) is 12.2 Å². The third kappa shape index (κ3) is 7.61. The van der Waals surface area contributed by atoms with Crippen LogP contribution in [0.25, 0.3) is 0 Å². The van der Waals surface area contributed by atoms with Gasteiger partial charge in [0.1, 0.15) is 0 Å². The fraction of sp³-hybridized carbons (Fsp3) is 0.435. The average Bonchev–Trinajstić information content (AvgIpc) is 2.59. The van der Waals surface area contributed by atoms with E-state index in [1.807, 2.05) is 26.0 Å². The van der Waals surface area contributed by atoms with Gasteiger partial charge in [-0.05, 0) is 39.2 Å². The number of esters is 1. The Bertz CT molecular complexity index is 738. The molecule has 2 heterocycles. The molecule has 28 heavy (non-hydrogen) atoms. The molecule has 2 aliphatic rings. The number of ketones is 1. The summed E-state index contributed by atoms with van der Waals surface area (Å²) in [7, 11) is 0. The molecule has 0 amide bonds. The van der Waals surface area contributed by atoms with Gasteiger partial charge in [0.25, 0.3) is 0 Å². The van der Waals surface area contributed by atoms with Crippen LogP contribution in [0.2, 0.25) is 0 Å². The van der Waals surface area contributed by atoms with Crippen molar-refractivity contribution in [2.75, 3.05) is 0 Å². The van der Waals surface area contributed by atoms with Gasteiger partial charge in [-0.2, -0.15) is 0 Å². The number of fused-ring (bicyclic) bond motifs is 2. The minimum absolute atomic E-state index is 0.00575. The Morgan fingerprint density at radius 3 is 2.64 bits per heavy atom. The molecule has 1 saturated heterocycles. The zero-order valence-corrected chi connectivity index (χ0v) is 16.6. The van der Waals surface area contributed by atoms with Crippen molar-refractivity contribution in [1.29, 1.82) is 0 Å². The third-order valence-corrected chi connectivity index (χ3v) is 4.56. The summed E-state index contributed by atoms with van der Waals surface area (Å²) in [5.41, 5.74) is 2.84. The van der Waals surface area contributed by atoms with E-state index in [4.69, 9.17) is 9.47 Å². The molecule has 0 spiro atoms. The number of carbonyl (C=O) groups excluding carboxylic acids is 3. The number of allylic oxidation sites excluding steroid dienone is 4. The number of aldehydes is 1. The van der Waals surface area contributed by atoms with E-state index in [2.05, 4.69) is 6.58 Å². The molecule has 0 radical (unpaired) electrons. The predicted molar refractivity (Wildman–Crippen MR) is 108 cm³/mol. The number of ether oxygens (including phenoxy) is 2. The highest BCUT2D eigenvalue weighted by Crippen LogP contribution is 2.27. The van der Waals surface area contributed by atoms with Crippen LogP contribution >= 0.6 is 0 Å². The van der Waals surface area contributed by atoms with E-state index in [1.54, 1.807) is 12.2 Å². The van der Waals surface area contributed by atoms with E-state index in [0.717, 1.165) is 29.6 Å². The lowest BCUT2D eigenvalue weighted by molar-refractivity contribution is -0.146. The quantitative estimate of drug-likeness (QED) is 0.389. The number of hydrogen-bond donors (Lipinski definition) is 0. The average molecular weight is 384 g/mol. The van der Waals surface area contributed by atoms with Crippen molar-refractivity contribution in [1.82, 2.24) is 0 Å². The highest BCUT2D eigenvalue weighted by atomic mass is 16.5. The Morgan fingerprint density at radius 1 is 1.11 bits per heavy atom. The topological polar surface area (TPSA) is 69.7 Å². The standard InChI is InChI=1S/C23H28O5/c1-16-6-4-9-23(26)28-22(15-24)14-18(3)13-21-12-17(2)11-20(27-21)8-5-7-19(25)10-16/h4-7,9,13,15,20-22H,2,8,10-12,14H2,1,3H3/b7-5+,9-4+,16-6-,18-13+/t20-,21-,22+/m0/s1. The monoisotopic (exact) mass is 384 g/mol. The number of hydrogen-bond acceptors (Lipinski definition) is 5. The van der Waals surface area contributed by atoms with Crippen molar-refractivity contribution in [3.8, 4) is 0 Å². The van der Waals surface area contributed by atoms with Gasteiger partial charge in [-0.15, -0.1) is 0 Å². The Hall–Kier alpha value is -2.53. The highest BCUT2D eigenvalue weighted by Gasteiger charge is 2.23. The lowest BCUT2D eigenvalue weighted by atomic mass is 9.95. The van der Waals surface area contributed by atoms with Gasteiger partial charge >= 0.3 is 5.97 Å². The minimum Gasteiger partial charge on any atom is -0.451 e. The van der Waals surface area contributed by atoms with Crippen molar-refractivity contribution >= 4 is 18.0 Å². The first-order valence-corrected chi connectivity index (χ1v) is 9.54. The molecule has 1 fully saturated rings. The lowest BCUT2D eigenvalue weighted by Gasteiger charge is -2.30. The van der Waals surface area contributed by atoms with Crippen molar-refractivity contribution < 1.29 is 23.9 Å². The van der Waals surface area contributed by atoms with Gasteiger partial charge in [-0.1, -0.05) is 47.6 Å². The Kier molecular flexibility index (Phi) is 8.33. The normalized spacial score (nSPS) is 33.9. The van der Waals surface area contributed by atoms with Crippen LogP contribution in [0.1, 0.15) is 46.0 Å². The second-order valence-corrected chi connectivity index (χ2v) is 7.44. The van der Waals surface area contributed by atoms with E-state index in [9.17, 15) is 14.4 Å². The molecule has 150 valence electrons. The first-order chi connectivity index (χ1) is 13.4. The van der Waals surface area contributed by atoms with Crippen molar-refractivity contribution in [3.63, 3.8) is 0 Å². The molecular formula is C23H28O5. The Labute approximate surface area is 166 Å². The molecule has 0 N–H and O–H groups in total. The molecular weight excluding hydrogens is 356 g/mol. The summed E-state index contributed by atoms with van der Waals surface area (Å²) in [6.07, 6.45) is 12.2. The molecule has 0 aromatic heterocycles. The van der Waals surface area contributed by atoms with Gasteiger partial charge in [-0.3, -0.25) is 9.59 Å². The molecule has 0 unspecified atom stereocenters. The predicted octanol–water partition coefficient (Wildman–Crippen LogP) is 3.96. The maximum Gasteiger partial charge on any atom is 0.331 e. The maximum atomic E-state index is 12.1. The van der Waals surface area contributed by atoms with Gasteiger partial charge in [0.15, 0.2) is 18.2 Å². The van der Waals surface area contributed by atoms with Crippen LogP contribution in [-0.2, 0) is 23.9 Å². The summed E-state index contributed by atoms with van der Waals surface area (Å²) < 4.78 is 11.3. The number of cyclic esters (lactones) is 1. The van der Waals surface area contributed by atoms with Gasteiger partial charge < -0.3 is 9.47 Å². The van der Waals surface area contributed by atoms with Crippen molar-refractivity contribution in [2.45, 2.75) is 64.3 Å². The van der Waals surface area contributed by atoms with E-state index in [0.29, 0.717) is 19.1 Å². The molecule has 3 atom stereocenters. The SMILES string of the molecule is C=C1C[C@@H]2C/C=C/C(=O)C/C(C)=C\C=C\C(=O)O[C@@H](C=O)C/C(C)=C/[C@H](C1)O2. The molecule has 2 rings (SSSR count). The first kappa shape index (κ1) is 21.8. The van der Waals surface area contributed by atoms with Crippen molar-refractivity contribution in [3.05, 3.63) is 59.8 Å². The first-order valence-electron chi connectivity index (χ1n) is 9.54. The fourth-order valence-electron chi connectivity index (χ4n) is 3.31. The van der Waals surface area contributed by atoms with Crippen LogP contribution in [0.4, 0.5) is 0 Å². The summed E-state index contributed by atoms with van der Waals surface area (Å²) in [6, 6.07) is 0. The molecule has 2 aliphatic heterocycles. The summed E-state index contributed by atoms with van der Waals surface area (Å²) in [5.74, 6) is -0.600. The Morgan fingerprint density at radius 2 is 1.89 bits per heavy atom. The van der Waals surface area contributed by atoms with Gasteiger partial charge in [-0.25, -0.2) is 4.79 Å². The van der Waals surface area contributed by atoms with Gasteiger partial charge in [0.2, 0.25) is 0 Å². The van der Waals surface area contributed by atoms with Crippen LogP contribution in [-0.4, -0.2) is 36.4 Å². The van der Waals surface area contributed by atoms with Gasteiger partial charge in [0, 0.05) is 18.9 Å². The summed E-state index contributed by atoms with van der Waals surface area (Å²) in [4.78, 5) is 35.3. The smallest absolute Gasteiger partial charge is 0.331 e. The molecule has 0 saturated carbocycles. The van der Waals surface area contributed by atoms with E-state index < -0.39 is 12.1 Å². The number of rotatable bonds is 1. The molecule has 0 aromatic rings. The van der Waals surface area contributed by atoms with Crippen molar-refractivity contribution in [2.24, 2.45) is 0 Å². The lowest BCUT2D eigenvalue weighted by Crippen LogP contribution is -2.27. The van der Waals surface area contributed by atoms with Gasteiger partial charge in [0.05, 0.1) is 12.2 Å². The van der Waals surface area contributed by atoms with E-state index in [-0.39, 0.29) is 24.4 Å². The van der Waals surface area contributed by atoms with Crippen LogP contribution in [0.3, 0.4) is 0 Å². The zero-order chi connectivity index (χ0) is 20.5. The van der Waals surface area contributed by atoms with E-state index >= 15 is 0 Å². The zero-order valence-electron chi connectivity index (χ0n) is 16.6. The summed E-state index contributed by atoms with van der Waals surface area (Å²) in [6.45, 7) is 7.81. The van der Waals surface area contributed by atoms with Crippen LogP contribution in [0.5, 0.6) is 0 Å². The molecule has 2 bridgehead atoms. The van der Waals surface area contributed by atoms with Crippen LogP contribution in [0, 0.1) is 0 Å². The summed E-state index contributed by atoms with van der Waals surface area (Å²) in [5, 5.41) is 0. The van der Waals surface area contributed by atoms with Crippen LogP contribution in [0.15, 0.2) is 59.8 Å². The molecule has 0 aliphatic carbocycles. The molecule has 5 heteroatoms. The largest absolute Gasteiger partial charge is 0.451 e. The van der Waals surface area contributed by atoms with Crippen LogP contribution < -0.4 is 0 Å².